The van der Waals surface area contributed by atoms with Crippen LogP contribution in [0.25, 0.3) is 6.08 Å². The van der Waals surface area contributed by atoms with Crippen molar-refractivity contribution >= 4 is 29.3 Å². The first-order valence-corrected chi connectivity index (χ1v) is 7.33. The molecule has 1 aliphatic carbocycles. The van der Waals surface area contributed by atoms with Crippen molar-refractivity contribution < 1.29 is 4.39 Å². The minimum Gasteiger partial charge on any atom is -0.206 e. The first-order chi connectivity index (χ1) is 8.70. The smallest absolute Gasteiger partial charge is 0.131 e. The van der Waals surface area contributed by atoms with E-state index >= 15 is 0 Å². The Kier molecular flexibility index (Phi) is 5.08. The van der Waals surface area contributed by atoms with Gasteiger partial charge in [-0.1, -0.05) is 48.6 Å². The lowest BCUT2D eigenvalue weighted by Gasteiger charge is -2.23. The Morgan fingerprint density at radius 3 is 2.61 bits per heavy atom. The SMILES string of the molecule is Fc1cc(Cl)ccc1/C=C(/CCl)C1CCCCC1. The Labute approximate surface area is 118 Å². The number of halogens is 3. The van der Waals surface area contributed by atoms with E-state index < -0.39 is 0 Å². The maximum absolute atomic E-state index is 13.7. The normalized spacial score (nSPS) is 18.1. The van der Waals surface area contributed by atoms with E-state index in [4.69, 9.17) is 23.2 Å². The lowest BCUT2D eigenvalue weighted by Crippen LogP contribution is -2.10. The molecule has 0 spiro atoms. The standard InChI is InChI=1S/C15H17Cl2F/c16-10-13(11-4-2-1-3-5-11)8-12-6-7-14(17)9-15(12)18/h6-9,11H,1-5,10H2/b13-8-. The van der Waals surface area contributed by atoms with Crippen molar-refractivity contribution in [3.63, 3.8) is 0 Å². The van der Waals surface area contributed by atoms with Gasteiger partial charge in [0.2, 0.25) is 0 Å². The molecular weight excluding hydrogens is 270 g/mol. The lowest BCUT2D eigenvalue weighted by molar-refractivity contribution is 0.405. The Morgan fingerprint density at radius 1 is 1.28 bits per heavy atom. The second-order valence-corrected chi connectivity index (χ2v) is 5.56. The fourth-order valence-electron chi connectivity index (χ4n) is 2.56. The van der Waals surface area contributed by atoms with Crippen molar-refractivity contribution in [2.24, 2.45) is 5.92 Å². The van der Waals surface area contributed by atoms with Crippen molar-refractivity contribution in [1.29, 1.82) is 0 Å². The second-order valence-electron chi connectivity index (χ2n) is 4.85. The van der Waals surface area contributed by atoms with Gasteiger partial charge in [0.05, 0.1) is 0 Å². The van der Waals surface area contributed by atoms with Crippen LogP contribution in [0.15, 0.2) is 23.8 Å². The van der Waals surface area contributed by atoms with Gasteiger partial charge in [0.25, 0.3) is 0 Å². The first-order valence-electron chi connectivity index (χ1n) is 6.42. The molecule has 0 radical (unpaired) electrons. The highest BCUT2D eigenvalue weighted by Gasteiger charge is 2.17. The highest BCUT2D eigenvalue weighted by atomic mass is 35.5. The third kappa shape index (κ3) is 3.49. The molecule has 0 unspecified atom stereocenters. The fraction of sp³-hybridized carbons (Fsp3) is 0.467. The van der Waals surface area contributed by atoms with Gasteiger partial charge >= 0.3 is 0 Å². The summed E-state index contributed by atoms with van der Waals surface area (Å²) in [5, 5.41) is 0.426. The summed E-state index contributed by atoms with van der Waals surface area (Å²) in [4.78, 5) is 0. The first kappa shape index (κ1) is 13.9. The third-order valence-electron chi connectivity index (χ3n) is 3.59. The zero-order chi connectivity index (χ0) is 13.0. The summed E-state index contributed by atoms with van der Waals surface area (Å²) in [6, 6.07) is 4.77. The van der Waals surface area contributed by atoms with Crippen molar-refractivity contribution in [3.05, 3.63) is 40.2 Å². The van der Waals surface area contributed by atoms with Crippen molar-refractivity contribution in [2.45, 2.75) is 32.1 Å². The van der Waals surface area contributed by atoms with Crippen LogP contribution in [-0.4, -0.2) is 5.88 Å². The van der Waals surface area contributed by atoms with Crippen LogP contribution in [0, 0.1) is 11.7 Å². The minimum absolute atomic E-state index is 0.277. The van der Waals surface area contributed by atoms with Gasteiger partial charge in [-0.15, -0.1) is 11.6 Å². The number of benzene rings is 1. The van der Waals surface area contributed by atoms with E-state index in [2.05, 4.69) is 0 Å². The van der Waals surface area contributed by atoms with Crippen LogP contribution in [0.2, 0.25) is 5.02 Å². The number of hydrogen-bond donors (Lipinski definition) is 0. The fourth-order valence-corrected chi connectivity index (χ4v) is 3.01. The maximum atomic E-state index is 13.7. The molecule has 1 fully saturated rings. The highest BCUT2D eigenvalue weighted by Crippen LogP contribution is 2.32. The number of rotatable bonds is 3. The van der Waals surface area contributed by atoms with Gasteiger partial charge in [0.15, 0.2) is 0 Å². The van der Waals surface area contributed by atoms with Gasteiger partial charge in [-0.3, -0.25) is 0 Å². The van der Waals surface area contributed by atoms with E-state index in [1.54, 1.807) is 12.1 Å². The second kappa shape index (κ2) is 6.58. The maximum Gasteiger partial charge on any atom is 0.131 e. The molecule has 1 aromatic rings. The van der Waals surface area contributed by atoms with Gasteiger partial charge < -0.3 is 0 Å². The molecule has 0 bridgehead atoms. The summed E-state index contributed by atoms with van der Waals surface area (Å²) >= 11 is 11.8. The van der Waals surface area contributed by atoms with Crippen LogP contribution in [0.4, 0.5) is 4.39 Å². The third-order valence-corrected chi connectivity index (χ3v) is 4.13. The van der Waals surface area contributed by atoms with E-state index in [0.717, 1.165) is 5.57 Å². The Bertz CT molecular complexity index is 434. The van der Waals surface area contributed by atoms with Crippen LogP contribution >= 0.6 is 23.2 Å². The zero-order valence-electron chi connectivity index (χ0n) is 10.3. The molecule has 0 nitrogen and oxygen atoms in total. The number of alkyl halides is 1. The number of hydrogen-bond acceptors (Lipinski definition) is 0. The van der Waals surface area contributed by atoms with Crippen LogP contribution in [-0.2, 0) is 0 Å². The summed E-state index contributed by atoms with van der Waals surface area (Å²) in [6.07, 6.45) is 8.06. The molecule has 0 amide bonds. The number of allylic oxidation sites excluding steroid dienone is 1. The molecule has 0 aliphatic heterocycles. The van der Waals surface area contributed by atoms with E-state index in [9.17, 15) is 4.39 Å². The molecule has 98 valence electrons. The molecule has 1 saturated carbocycles. The summed E-state index contributed by atoms with van der Waals surface area (Å²) in [6.45, 7) is 0. The summed E-state index contributed by atoms with van der Waals surface area (Å²) in [7, 11) is 0. The average Bonchev–Trinajstić information content (AvgIpc) is 2.39. The predicted molar refractivity (Wildman–Crippen MR) is 76.7 cm³/mol. The average molecular weight is 287 g/mol. The molecule has 1 aliphatic rings. The Morgan fingerprint density at radius 2 is 2.00 bits per heavy atom. The quantitative estimate of drug-likeness (QED) is 0.627. The van der Waals surface area contributed by atoms with E-state index in [0.29, 0.717) is 22.4 Å². The summed E-state index contributed by atoms with van der Waals surface area (Å²) in [5.74, 6) is 0.722. The molecule has 2 rings (SSSR count). The molecule has 0 heterocycles. The van der Waals surface area contributed by atoms with Crippen LogP contribution in [0.1, 0.15) is 37.7 Å². The Balaban J connectivity index is 2.22. The van der Waals surface area contributed by atoms with E-state index in [1.807, 2.05) is 6.08 Å². The molecule has 0 saturated heterocycles. The highest BCUT2D eigenvalue weighted by molar-refractivity contribution is 6.30. The Hall–Kier alpha value is -0.530. The monoisotopic (exact) mass is 286 g/mol. The molecular formula is C15H17Cl2F. The molecule has 18 heavy (non-hydrogen) atoms. The van der Waals surface area contributed by atoms with Gasteiger partial charge in [0, 0.05) is 16.5 Å². The lowest BCUT2D eigenvalue weighted by atomic mass is 9.83. The zero-order valence-corrected chi connectivity index (χ0v) is 11.8. The van der Waals surface area contributed by atoms with Gasteiger partial charge in [-0.25, -0.2) is 4.39 Å². The molecule has 1 aromatic carbocycles. The summed E-state index contributed by atoms with van der Waals surface area (Å²) in [5.41, 5.74) is 1.73. The molecule has 3 heteroatoms. The van der Waals surface area contributed by atoms with E-state index in [-0.39, 0.29) is 5.82 Å². The van der Waals surface area contributed by atoms with Crippen molar-refractivity contribution in [3.8, 4) is 0 Å². The van der Waals surface area contributed by atoms with Crippen molar-refractivity contribution in [1.82, 2.24) is 0 Å². The summed E-state index contributed by atoms with van der Waals surface area (Å²) < 4.78 is 13.7. The van der Waals surface area contributed by atoms with Crippen LogP contribution in [0.5, 0.6) is 0 Å². The molecule has 0 aromatic heterocycles. The van der Waals surface area contributed by atoms with Crippen molar-refractivity contribution in [2.75, 3.05) is 5.88 Å². The largest absolute Gasteiger partial charge is 0.206 e. The minimum atomic E-state index is -0.277. The van der Waals surface area contributed by atoms with Gasteiger partial charge in [-0.05, 0) is 30.9 Å². The molecule has 0 atom stereocenters. The predicted octanol–water partition coefficient (Wildman–Crippen LogP) is 5.68. The van der Waals surface area contributed by atoms with Gasteiger partial charge in [0.1, 0.15) is 5.82 Å². The van der Waals surface area contributed by atoms with E-state index in [1.165, 1.54) is 38.2 Å². The molecule has 0 N–H and O–H groups in total. The van der Waals surface area contributed by atoms with Crippen LogP contribution < -0.4 is 0 Å². The van der Waals surface area contributed by atoms with Gasteiger partial charge in [-0.2, -0.15) is 0 Å². The topological polar surface area (TPSA) is 0 Å². The van der Waals surface area contributed by atoms with Crippen LogP contribution in [0.3, 0.4) is 0 Å².